The molecule has 7 heteroatoms. The predicted molar refractivity (Wildman–Crippen MR) is 67.4 cm³/mol. The Hall–Kier alpha value is 0.180. The van der Waals surface area contributed by atoms with Crippen molar-refractivity contribution in [1.82, 2.24) is 9.78 Å². The fourth-order valence-electron chi connectivity index (χ4n) is 1.05. The molecule has 0 bridgehead atoms. The van der Waals surface area contributed by atoms with Gasteiger partial charge in [-0.25, -0.2) is 8.42 Å². The molecule has 0 amide bonds. The minimum Gasteiger partial charge on any atom is -0.258 e. The van der Waals surface area contributed by atoms with Gasteiger partial charge in [-0.1, -0.05) is 13.8 Å². The van der Waals surface area contributed by atoms with Crippen molar-refractivity contribution in [3.63, 3.8) is 0 Å². The average molecular weight is 363 g/mol. The van der Waals surface area contributed by atoms with E-state index in [0.717, 1.165) is 6.42 Å². The molecule has 0 N–H and O–H groups in total. The van der Waals surface area contributed by atoms with E-state index in [1.165, 1.54) is 6.20 Å². The Morgan fingerprint density at radius 3 is 2.60 bits per heavy atom. The summed E-state index contributed by atoms with van der Waals surface area (Å²) in [5.74, 6) is 0.557. The normalized spacial score (nSPS) is 12.3. The van der Waals surface area contributed by atoms with Gasteiger partial charge in [0.15, 0.2) is 0 Å². The molecule has 1 aromatic rings. The van der Waals surface area contributed by atoms with E-state index in [1.807, 2.05) is 22.6 Å². The van der Waals surface area contributed by atoms with Gasteiger partial charge in [0, 0.05) is 17.2 Å². The van der Waals surface area contributed by atoms with Crippen molar-refractivity contribution in [2.24, 2.45) is 5.92 Å². The lowest BCUT2D eigenvalue weighted by Crippen LogP contribution is -2.06. The molecule has 0 aliphatic heterocycles. The summed E-state index contributed by atoms with van der Waals surface area (Å²) in [7, 11) is 1.58. The lowest BCUT2D eigenvalue weighted by atomic mass is 10.1. The van der Waals surface area contributed by atoms with E-state index < -0.39 is 9.05 Å². The zero-order chi connectivity index (χ0) is 11.6. The highest BCUT2D eigenvalue weighted by Gasteiger charge is 2.19. The number of rotatable bonds is 4. The molecule has 0 unspecified atom stereocenters. The molecule has 0 saturated carbocycles. The lowest BCUT2D eigenvalue weighted by molar-refractivity contribution is 0.480. The van der Waals surface area contributed by atoms with Crippen LogP contribution in [0.2, 0.25) is 0 Å². The molecule has 0 saturated heterocycles. The SMILES string of the molecule is CC(C)CCn1ncc(S(=O)(=O)Cl)c1I. The van der Waals surface area contributed by atoms with Gasteiger partial charge in [-0.3, -0.25) is 4.68 Å². The smallest absolute Gasteiger partial charge is 0.258 e. The molecule has 86 valence electrons. The summed E-state index contributed by atoms with van der Waals surface area (Å²) in [6.45, 7) is 4.92. The molecule has 4 nitrogen and oxygen atoms in total. The van der Waals surface area contributed by atoms with Crippen LogP contribution in [0.25, 0.3) is 0 Å². The second-order valence-electron chi connectivity index (χ2n) is 3.64. The predicted octanol–water partition coefficient (Wildman–Crippen LogP) is 2.46. The monoisotopic (exact) mass is 362 g/mol. The summed E-state index contributed by atoms with van der Waals surface area (Å²) in [4.78, 5) is 0.0912. The van der Waals surface area contributed by atoms with Crippen LogP contribution in [0.5, 0.6) is 0 Å². The van der Waals surface area contributed by atoms with E-state index in [2.05, 4.69) is 18.9 Å². The first-order chi connectivity index (χ1) is 6.82. The van der Waals surface area contributed by atoms with Crippen LogP contribution in [0, 0.1) is 9.62 Å². The van der Waals surface area contributed by atoms with Crippen molar-refractivity contribution in [1.29, 1.82) is 0 Å². The third-order valence-corrected chi connectivity index (χ3v) is 4.75. The lowest BCUT2D eigenvalue weighted by Gasteiger charge is -2.05. The minimum atomic E-state index is -3.67. The van der Waals surface area contributed by atoms with Gasteiger partial charge in [0.2, 0.25) is 0 Å². The highest BCUT2D eigenvalue weighted by Crippen LogP contribution is 2.21. The van der Waals surface area contributed by atoms with Gasteiger partial charge in [-0.05, 0) is 34.9 Å². The molecule has 0 spiro atoms. The van der Waals surface area contributed by atoms with Gasteiger partial charge >= 0.3 is 0 Å². The Bertz CT molecular complexity index is 441. The Morgan fingerprint density at radius 1 is 1.60 bits per heavy atom. The molecule has 0 aliphatic carbocycles. The van der Waals surface area contributed by atoms with Crippen LogP contribution >= 0.6 is 33.3 Å². The topological polar surface area (TPSA) is 52.0 Å². The molecule has 0 aromatic carbocycles. The summed E-state index contributed by atoms with van der Waals surface area (Å²) in [5, 5.41) is 4.00. The van der Waals surface area contributed by atoms with Gasteiger partial charge < -0.3 is 0 Å². The Labute approximate surface area is 108 Å². The summed E-state index contributed by atoms with van der Waals surface area (Å²) in [6.07, 6.45) is 2.25. The molecule has 1 aromatic heterocycles. The molecule has 0 atom stereocenters. The van der Waals surface area contributed by atoms with Crippen LogP contribution in [0.15, 0.2) is 11.1 Å². The van der Waals surface area contributed by atoms with E-state index in [1.54, 1.807) is 4.68 Å². The van der Waals surface area contributed by atoms with Gasteiger partial charge in [-0.2, -0.15) is 5.10 Å². The summed E-state index contributed by atoms with van der Waals surface area (Å²) < 4.78 is 24.5. The largest absolute Gasteiger partial charge is 0.265 e. The average Bonchev–Trinajstić information content (AvgIpc) is 2.42. The molecular formula is C8H12ClIN2O2S. The first kappa shape index (κ1) is 13.2. The number of aryl methyl sites for hydroxylation is 1. The quantitative estimate of drug-likeness (QED) is 0.611. The molecule has 0 aliphatic rings. The summed E-state index contributed by atoms with van der Waals surface area (Å²) in [6, 6.07) is 0. The number of aromatic nitrogens is 2. The molecule has 0 radical (unpaired) electrons. The van der Waals surface area contributed by atoms with Crippen molar-refractivity contribution in [3.8, 4) is 0 Å². The number of hydrogen-bond donors (Lipinski definition) is 0. The standard InChI is InChI=1S/C8H12ClIN2O2S/c1-6(2)3-4-12-8(10)7(5-11-12)15(9,13)14/h5-6H,3-4H2,1-2H3. The minimum absolute atomic E-state index is 0.0912. The Balaban J connectivity index is 2.90. The van der Waals surface area contributed by atoms with Gasteiger partial charge in [0.1, 0.15) is 8.60 Å². The van der Waals surface area contributed by atoms with Gasteiger partial charge in [0.05, 0.1) is 6.20 Å². The number of halogens is 2. The molecule has 1 heterocycles. The van der Waals surface area contributed by atoms with E-state index in [0.29, 0.717) is 16.2 Å². The van der Waals surface area contributed by atoms with Crippen LogP contribution < -0.4 is 0 Å². The van der Waals surface area contributed by atoms with E-state index >= 15 is 0 Å². The van der Waals surface area contributed by atoms with Crippen molar-refractivity contribution >= 4 is 42.3 Å². The molecule has 15 heavy (non-hydrogen) atoms. The third kappa shape index (κ3) is 3.60. The Morgan fingerprint density at radius 2 is 2.20 bits per heavy atom. The number of hydrogen-bond acceptors (Lipinski definition) is 3. The summed E-state index contributed by atoms with van der Waals surface area (Å²) >= 11 is 1.95. The Kier molecular flexibility index (Phi) is 4.42. The third-order valence-electron chi connectivity index (χ3n) is 1.93. The second kappa shape index (κ2) is 5.01. The molecular weight excluding hydrogens is 351 g/mol. The highest BCUT2D eigenvalue weighted by molar-refractivity contribution is 14.1. The molecule has 1 rings (SSSR count). The fraction of sp³-hybridized carbons (Fsp3) is 0.625. The van der Waals surface area contributed by atoms with Crippen molar-refractivity contribution in [2.45, 2.75) is 31.7 Å². The zero-order valence-electron chi connectivity index (χ0n) is 8.44. The van der Waals surface area contributed by atoms with E-state index in [-0.39, 0.29) is 4.90 Å². The first-order valence-electron chi connectivity index (χ1n) is 4.48. The van der Waals surface area contributed by atoms with Crippen LogP contribution in [0.4, 0.5) is 0 Å². The van der Waals surface area contributed by atoms with Crippen molar-refractivity contribution in [3.05, 3.63) is 9.90 Å². The number of nitrogens with zero attached hydrogens (tertiary/aromatic N) is 2. The van der Waals surface area contributed by atoms with Crippen LogP contribution in [-0.4, -0.2) is 18.2 Å². The second-order valence-corrected chi connectivity index (χ2v) is 7.20. The first-order valence-corrected chi connectivity index (χ1v) is 7.87. The fourth-order valence-corrected chi connectivity index (χ4v) is 3.64. The van der Waals surface area contributed by atoms with Crippen LogP contribution in [0.1, 0.15) is 20.3 Å². The maximum absolute atomic E-state index is 11.1. The maximum Gasteiger partial charge on any atom is 0.265 e. The highest BCUT2D eigenvalue weighted by atomic mass is 127. The van der Waals surface area contributed by atoms with E-state index in [9.17, 15) is 8.42 Å². The zero-order valence-corrected chi connectivity index (χ0v) is 12.2. The van der Waals surface area contributed by atoms with Gasteiger partial charge in [0.25, 0.3) is 9.05 Å². The molecule has 0 fully saturated rings. The van der Waals surface area contributed by atoms with Crippen LogP contribution in [-0.2, 0) is 15.6 Å². The summed E-state index contributed by atoms with van der Waals surface area (Å²) in [5.41, 5.74) is 0. The maximum atomic E-state index is 11.1. The van der Waals surface area contributed by atoms with E-state index in [4.69, 9.17) is 10.7 Å². The van der Waals surface area contributed by atoms with Gasteiger partial charge in [-0.15, -0.1) is 0 Å². The van der Waals surface area contributed by atoms with Crippen LogP contribution in [0.3, 0.4) is 0 Å². The van der Waals surface area contributed by atoms with Crippen molar-refractivity contribution in [2.75, 3.05) is 0 Å². The van der Waals surface area contributed by atoms with Crippen molar-refractivity contribution < 1.29 is 8.42 Å².